The number of phenols is 2. The Morgan fingerprint density at radius 1 is 0.800 bits per heavy atom. The van der Waals surface area contributed by atoms with E-state index in [4.69, 9.17) is 9.98 Å². The fourth-order valence-corrected chi connectivity index (χ4v) is 4.41. The molecule has 8 rings (SSSR count). The van der Waals surface area contributed by atoms with E-state index in [0.717, 1.165) is 29.6 Å². The number of benzene rings is 3. The molecule has 0 spiro atoms. The van der Waals surface area contributed by atoms with Crippen LogP contribution in [-0.4, -0.2) is 23.3 Å². The van der Waals surface area contributed by atoms with Crippen molar-refractivity contribution in [3.8, 4) is 11.5 Å². The van der Waals surface area contributed by atoms with Gasteiger partial charge in [-0.1, -0.05) is 39.8 Å². The minimum Gasteiger partial charge on any atom is -0.507 e. The minimum atomic E-state index is -0.249. The maximum atomic E-state index is 11.1. The Kier molecular flexibility index (Phi) is 4.45. The first-order chi connectivity index (χ1) is 14.3. The minimum absolute atomic E-state index is 0.157. The Morgan fingerprint density at radius 3 is 2.17 bits per heavy atom. The van der Waals surface area contributed by atoms with Gasteiger partial charge in [-0.25, -0.2) is 0 Å². The van der Waals surface area contributed by atoms with Gasteiger partial charge >= 0.3 is 0 Å². The largest absolute Gasteiger partial charge is 0.507 e. The highest BCUT2D eigenvalue weighted by Crippen LogP contribution is 2.42. The molecule has 0 saturated heterocycles. The summed E-state index contributed by atoms with van der Waals surface area (Å²) < 4.78 is 0. The lowest BCUT2D eigenvalue weighted by molar-refractivity contribution is 0.472. The highest BCUT2D eigenvalue weighted by Gasteiger charge is 2.28. The Hall–Kier alpha value is -2.70. The molecule has 30 heavy (non-hydrogen) atoms. The van der Waals surface area contributed by atoms with E-state index >= 15 is 0 Å². The first-order valence-electron chi connectivity index (χ1n) is 10.7. The van der Waals surface area contributed by atoms with Crippen molar-refractivity contribution in [1.29, 1.82) is 0 Å². The molecule has 8 bridgehead atoms. The Labute approximate surface area is 175 Å². The van der Waals surface area contributed by atoms with Gasteiger partial charge in [-0.15, -0.1) is 0 Å². The number of phenolic OH excluding ortho intramolecular Hbond substituents is 2. The molecule has 3 aromatic rings. The fourth-order valence-electron chi connectivity index (χ4n) is 4.41. The van der Waals surface area contributed by atoms with Gasteiger partial charge in [0.1, 0.15) is 23.8 Å². The molecule has 5 aliphatic rings. The molecule has 0 aliphatic carbocycles. The average Bonchev–Trinajstić information content (AvgIpc) is 2.93. The van der Waals surface area contributed by atoms with Crippen LogP contribution in [0.15, 0.2) is 34.3 Å². The Balaban J connectivity index is 1.84. The summed E-state index contributed by atoms with van der Waals surface area (Å²) >= 11 is 0. The van der Waals surface area contributed by atoms with Crippen molar-refractivity contribution in [2.45, 2.75) is 40.0 Å². The van der Waals surface area contributed by atoms with Crippen LogP contribution in [0, 0.1) is 11.8 Å². The van der Waals surface area contributed by atoms with Gasteiger partial charge < -0.3 is 10.2 Å². The fraction of sp³-hybridized carbons (Fsp3) is 0.417. The molecule has 156 valence electrons. The lowest BCUT2D eigenvalue weighted by atomic mass is 9.95. The molecule has 2 unspecified atom stereocenters. The third-order valence-electron chi connectivity index (χ3n) is 5.92. The summed E-state index contributed by atoms with van der Waals surface area (Å²) in [6, 6.07) is 7.72. The van der Waals surface area contributed by atoms with Gasteiger partial charge in [0.15, 0.2) is 0 Å². The number of hydrogen-bond donors (Lipinski definition) is 4. The second kappa shape index (κ2) is 6.93. The van der Waals surface area contributed by atoms with Crippen LogP contribution in [0.1, 0.15) is 51.2 Å². The average molecular weight is 405 g/mol. The number of hydrogen-bond acceptors (Lipinski definition) is 6. The molecule has 0 aromatic heterocycles. The van der Waals surface area contributed by atoms with Gasteiger partial charge in [0.2, 0.25) is 0 Å². The van der Waals surface area contributed by atoms with E-state index in [1.165, 1.54) is 0 Å². The van der Waals surface area contributed by atoms with E-state index in [0.29, 0.717) is 38.7 Å². The van der Waals surface area contributed by atoms with Gasteiger partial charge in [-0.2, -0.15) is 0 Å². The molecule has 0 saturated carbocycles. The second-order valence-electron chi connectivity index (χ2n) is 9.26. The van der Waals surface area contributed by atoms with Crippen LogP contribution < -0.4 is 21.3 Å². The maximum absolute atomic E-state index is 11.1. The van der Waals surface area contributed by atoms with Crippen LogP contribution in [0.5, 0.6) is 11.5 Å². The normalized spacial score (nSPS) is 19.3. The van der Waals surface area contributed by atoms with Crippen LogP contribution in [0.4, 0.5) is 0 Å². The molecular formula is C24H28N4O2. The monoisotopic (exact) mass is 404 g/mol. The second-order valence-corrected chi connectivity index (χ2v) is 9.26. The Morgan fingerprint density at radius 2 is 1.47 bits per heavy atom. The van der Waals surface area contributed by atoms with Gasteiger partial charge in [0.05, 0.1) is 16.1 Å². The van der Waals surface area contributed by atoms with Crippen molar-refractivity contribution in [1.82, 2.24) is 10.6 Å². The predicted octanol–water partition coefficient (Wildman–Crippen LogP) is 3.16. The molecule has 0 fully saturated rings. The van der Waals surface area contributed by atoms with E-state index < -0.39 is 0 Å². The van der Waals surface area contributed by atoms with Crippen LogP contribution in [0.25, 0.3) is 21.5 Å². The van der Waals surface area contributed by atoms with E-state index in [2.05, 4.69) is 38.3 Å². The number of aromatic hydroxyl groups is 2. The van der Waals surface area contributed by atoms with Crippen molar-refractivity contribution in [2.24, 2.45) is 21.8 Å². The number of rotatable bonds is 6. The molecular weight excluding hydrogens is 376 g/mol. The zero-order chi connectivity index (χ0) is 21.2. The van der Waals surface area contributed by atoms with Gasteiger partial charge in [-0.3, -0.25) is 20.6 Å². The molecule has 4 N–H and O–H groups in total. The standard InChI is InChI=1S/C24H28N4O2/c1-11(2)9-25-23-13-5-6-14-15(7-13)21(29)16-8-17-19(27-23)20(18(16)22(14)30)28-24(17)26-10-12(3)4/h5-8,11-12,23-26,29-30H,9-10H2,1-4H3. The van der Waals surface area contributed by atoms with Crippen molar-refractivity contribution in [2.75, 3.05) is 13.1 Å². The first kappa shape index (κ1) is 19.3. The van der Waals surface area contributed by atoms with E-state index in [9.17, 15) is 10.2 Å². The molecule has 0 amide bonds. The number of nitrogens with one attached hydrogen (secondary N) is 2. The SMILES string of the molecule is CC(C)CNC1N=c2c3cc4c(O)c5cc1ccc5c(O)c4c2=NC3NCC(C)C. The van der Waals surface area contributed by atoms with Crippen LogP contribution in [-0.2, 0) is 0 Å². The summed E-state index contributed by atoms with van der Waals surface area (Å²) in [6.45, 7) is 10.3. The lowest BCUT2D eigenvalue weighted by Crippen LogP contribution is -2.32. The summed E-state index contributed by atoms with van der Waals surface area (Å²) in [5.74, 6) is 1.31. The van der Waals surface area contributed by atoms with Crippen molar-refractivity contribution in [3.63, 3.8) is 0 Å². The van der Waals surface area contributed by atoms with Crippen molar-refractivity contribution < 1.29 is 10.2 Å². The third kappa shape index (κ3) is 2.86. The summed E-state index contributed by atoms with van der Waals surface area (Å²) in [7, 11) is 0. The highest BCUT2D eigenvalue weighted by molar-refractivity contribution is 6.11. The molecule has 0 radical (unpaired) electrons. The van der Waals surface area contributed by atoms with Gasteiger partial charge in [-0.05, 0) is 42.6 Å². The molecule has 5 aliphatic heterocycles. The molecule has 5 heterocycles. The predicted molar refractivity (Wildman–Crippen MR) is 118 cm³/mol. The molecule has 3 aromatic carbocycles. The van der Waals surface area contributed by atoms with E-state index in [1.54, 1.807) is 0 Å². The molecule has 6 nitrogen and oxygen atoms in total. The summed E-state index contributed by atoms with van der Waals surface area (Å²) in [4.78, 5) is 10.0. The van der Waals surface area contributed by atoms with Gasteiger partial charge in [0, 0.05) is 21.7 Å². The number of fused-ring (bicyclic) bond motifs is 1. The smallest absolute Gasteiger partial charge is 0.133 e. The summed E-state index contributed by atoms with van der Waals surface area (Å²) in [5.41, 5.74) is 1.92. The zero-order valence-electron chi connectivity index (χ0n) is 17.8. The first-order valence-corrected chi connectivity index (χ1v) is 10.7. The van der Waals surface area contributed by atoms with Crippen molar-refractivity contribution in [3.05, 3.63) is 46.1 Å². The van der Waals surface area contributed by atoms with Gasteiger partial charge in [0.25, 0.3) is 0 Å². The van der Waals surface area contributed by atoms with E-state index in [1.807, 2.05) is 24.3 Å². The summed E-state index contributed by atoms with van der Waals surface area (Å²) in [6.07, 6.45) is -0.479. The van der Waals surface area contributed by atoms with Crippen LogP contribution in [0.2, 0.25) is 0 Å². The molecule has 6 heteroatoms. The quantitative estimate of drug-likeness (QED) is 0.375. The third-order valence-corrected chi connectivity index (χ3v) is 5.92. The highest BCUT2D eigenvalue weighted by atomic mass is 16.3. The van der Waals surface area contributed by atoms with E-state index in [-0.39, 0.29) is 23.8 Å². The topological polar surface area (TPSA) is 89.2 Å². The lowest BCUT2D eigenvalue weighted by Gasteiger charge is -2.20. The van der Waals surface area contributed by atoms with Crippen molar-refractivity contribution >= 4 is 21.5 Å². The Bertz CT molecular complexity index is 1300. The number of nitrogens with zero attached hydrogens (tertiary/aromatic N) is 2. The van der Waals surface area contributed by atoms with Crippen LogP contribution in [0.3, 0.4) is 0 Å². The molecule has 2 atom stereocenters. The summed E-state index contributed by atoms with van der Waals surface area (Å²) in [5, 5.41) is 33.2. The maximum Gasteiger partial charge on any atom is 0.133 e. The zero-order valence-corrected chi connectivity index (χ0v) is 17.8. The van der Waals surface area contributed by atoms with Crippen LogP contribution >= 0.6 is 0 Å².